The summed E-state index contributed by atoms with van der Waals surface area (Å²) in [6.07, 6.45) is 1.81. The fourth-order valence-electron chi connectivity index (χ4n) is 3.27. The maximum atomic E-state index is 11.2. The van der Waals surface area contributed by atoms with Gasteiger partial charge in [0, 0.05) is 31.2 Å². The number of hydrogen-bond acceptors (Lipinski definition) is 3. The van der Waals surface area contributed by atoms with E-state index in [9.17, 15) is 4.79 Å². The molecule has 1 aliphatic rings. The van der Waals surface area contributed by atoms with Crippen LogP contribution in [0.4, 0.5) is 4.79 Å². The number of hydrogen-bond donors (Lipinski definition) is 2. The maximum absolute atomic E-state index is 11.2. The van der Waals surface area contributed by atoms with Gasteiger partial charge in [0.1, 0.15) is 5.82 Å². The number of likely N-dealkylation sites (tertiary alicyclic amines) is 1. The normalized spacial score (nSPS) is 17.6. The molecular formula is C16H22ClN5O. The maximum Gasteiger partial charge on any atom is 0.314 e. The lowest BCUT2D eigenvalue weighted by molar-refractivity contribution is 0.182. The van der Waals surface area contributed by atoms with Gasteiger partial charge in [0.2, 0.25) is 0 Å². The van der Waals surface area contributed by atoms with Crippen LogP contribution in [0.5, 0.6) is 0 Å². The predicted octanol–water partition coefficient (Wildman–Crippen LogP) is 2.42. The molecule has 1 aromatic carbocycles. The van der Waals surface area contributed by atoms with Crippen molar-refractivity contribution in [3.8, 4) is 0 Å². The Bertz CT molecular complexity index is 721. The van der Waals surface area contributed by atoms with Gasteiger partial charge in [-0.25, -0.2) is 9.78 Å². The first-order valence-corrected chi connectivity index (χ1v) is 8.26. The number of carbonyl (C=O) groups excluding carboxylic acids is 1. The minimum Gasteiger partial charge on any atom is -0.351 e. The molecule has 23 heavy (non-hydrogen) atoms. The van der Waals surface area contributed by atoms with Crippen LogP contribution < -0.4 is 11.1 Å². The highest BCUT2D eigenvalue weighted by molar-refractivity contribution is 6.31. The summed E-state index contributed by atoms with van der Waals surface area (Å²) in [5.41, 5.74) is 7.30. The zero-order chi connectivity index (χ0) is 16.6. The van der Waals surface area contributed by atoms with E-state index in [-0.39, 0.29) is 12.1 Å². The van der Waals surface area contributed by atoms with Gasteiger partial charge in [-0.15, -0.1) is 0 Å². The van der Waals surface area contributed by atoms with Crippen LogP contribution in [0.2, 0.25) is 5.02 Å². The number of aryl methyl sites for hydroxylation is 1. The van der Waals surface area contributed by atoms with Crippen LogP contribution in [0.15, 0.2) is 18.2 Å². The van der Waals surface area contributed by atoms with E-state index < -0.39 is 0 Å². The Morgan fingerprint density at radius 2 is 2.13 bits per heavy atom. The molecule has 1 aliphatic heterocycles. The molecule has 7 heteroatoms. The predicted molar refractivity (Wildman–Crippen MR) is 91.5 cm³/mol. The molecule has 2 heterocycles. The van der Waals surface area contributed by atoms with Crippen molar-refractivity contribution >= 4 is 28.7 Å². The number of imidazole rings is 1. The molecule has 1 atom stereocenters. The number of primary amides is 1. The summed E-state index contributed by atoms with van der Waals surface area (Å²) in [5.74, 6) is 0.986. The fourth-order valence-corrected chi connectivity index (χ4v) is 3.44. The van der Waals surface area contributed by atoms with Crippen molar-refractivity contribution in [2.75, 3.05) is 13.1 Å². The second-order valence-electron chi connectivity index (χ2n) is 6.15. The molecule has 3 rings (SSSR count). The standard InChI is InChI=1S/C16H22ClN5O/c1-10(19-12-5-7-22(8-6-12)16(18)23)15-20-13-9-11(17)3-4-14(13)21(15)2/h3-4,9-10,12,19H,5-8H2,1-2H3,(H2,18,23)/t10-/m0/s1. The number of amides is 2. The smallest absolute Gasteiger partial charge is 0.314 e. The van der Waals surface area contributed by atoms with E-state index in [4.69, 9.17) is 22.3 Å². The minimum absolute atomic E-state index is 0.122. The Kier molecular flexibility index (Phi) is 4.46. The van der Waals surface area contributed by atoms with E-state index in [1.165, 1.54) is 0 Å². The van der Waals surface area contributed by atoms with Crippen LogP contribution >= 0.6 is 11.6 Å². The fraction of sp³-hybridized carbons (Fsp3) is 0.500. The van der Waals surface area contributed by atoms with Gasteiger partial charge in [-0.2, -0.15) is 0 Å². The number of fused-ring (bicyclic) bond motifs is 1. The Hall–Kier alpha value is -1.79. The van der Waals surface area contributed by atoms with E-state index >= 15 is 0 Å². The van der Waals surface area contributed by atoms with Crippen LogP contribution in [0, 0.1) is 0 Å². The van der Waals surface area contributed by atoms with E-state index in [1.54, 1.807) is 4.90 Å². The van der Waals surface area contributed by atoms with Gasteiger partial charge >= 0.3 is 6.03 Å². The Labute approximate surface area is 140 Å². The summed E-state index contributed by atoms with van der Waals surface area (Å²) in [4.78, 5) is 17.6. The van der Waals surface area contributed by atoms with Crippen molar-refractivity contribution in [1.29, 1.82) is 0 Å². The van der Waals surface area contributed by atoms with Gasteiger partial charge < -0.3 is 20.5 Å². The molecule has 2 amide bonds. The van der Waals surface area contributed by atoms with Crippen molar-refractivity contribution in [2.45, 2.75) is 31.8 Å². The number of urea groups is 1. The number of benzene rings is 1. The van der Waals surface area contributed by atoms with Gasteiger partial charge in [0.15, 0.2) is 0 Å². The molecule has 2 aromatic rings. The number of piperidine rings is 1. The number of halogens is 1. The third kappa shape index (κ3) is 3.28. The third-order valence-corrected chi connectivity index (χ3v) is 4.79. The van der Waals surface area contributed by atoms with Crippen LogP contribution in [0.3, 0.4) is 0 Å². The lowest BCUT2D eigenvalue weighted by Gasteiger charge is -2.32. The summed E-state index contributed by atoms with van der Waals surface area (Å²) in [6.45, 7) is 3.53. The van der Waals surface area contributed by atoms with Crippen LogP contribution in [0.25, 0.3) is 11.0 Å². The second-order valence-corrected chi connectivity index (χ2v) is 6.59. The topological polar surface area (TPSA) is 76.2 Å². The van der Waals surface area contributed by atoms with Crippen LogP contribution in [0.1, 0.15) is 31.6 Å². The molecule has 0 radical (unpaired) electrons. The Morgan fingerprint density at radius 3 is 2.78 bits per heavy atom. The van der Waals surface area contributed by atoms with E-state index in [2.05, 4.69) is 16.8 Å². The van der Waals surface area contributed by atoms with Crippen molar-refractivity contribution < 1.29 is 4.79 Å². The van der Waals surface area contributed by atoms with Crippen molar-refractivity contribution in [2.24, 2.45) is 12.8 Å². The second kappa shape index (κ2) is 6.37. The molecule has 6 nitrogen and oxygen atoms in total. The van der Waals surface area contributed by atoms with Gasteiger partial charge in [0.05, 0.1) is 17.1 Å². The van der Waals surface area contributed by atoms with Gasteiger partial charge in [-0.1, -0.05) is 11.6 Å². The number of nitrogens with one attached hydrogen (secondary N) is 1. The number of nitrogens with zero attached hydrogens (tertiary/aromatic N) is 3. The van der Waals surface area contributed by atoms with Gasteiger partial charge in [0.25, 0.3) is 0 Å². The third-order valence-electron chi connectivity index (χ3n) is 4.56. The molecule has 1 fully saturated rings. The highest BCUT2D eigenvalue weighted by atomic mass is 35.5. The zero-order valence-electron chi connectivity index (χ0n) is 13.4. The zero-order valence-corrected chi connectivity index (χ0v) is 14.2. The highest BCUT2D eigenvalue weighted by Gasteiger charge is 2.24. The van der Waals surface area contributed by atoms with Crippen molar-refractivity contribution in [1.82, 2.24) is 19.8 Å². The molecule has 1 aromatic heterocycles. The molecule has 0 unspecified atom stereocenters. The number of aromatic nitrogens is 2. The lowest BCUT2D eigenvalue weighted by Crippen LogP contribution is -2.47. The average Bonchev–Trinajstić information content (AvgIpc) is 2.84. The Balaban J connectivity index is 1.70. The highest BCUT2D eigenvalue weighted by Crippen LogP contribution is 2.23. The molecule has 0 spiro atoms. The summed E-state index contributed by atoms with van der Waals surface area (Å²) in [5, 5.41) is 4.31. The van der Waals surface area contributed by atoms with E-state index in [1.807, 2.05) is 25.2 Å². The first kappa shape index (κ1) is 16.1. The van der Waals surface area contributed by atoms with Gasteiger partial charge in [-0.05, 0) is 38.0 Å². The first-order valence-electron chi connectivity index (χ1n) is 7.88. The van der Waals surface area contributed by atoms with Crippen LogP contribution in [-0.2, 0) is 7.05 Å². The quantitative estimate of drug-likeness (QED) is 0.904. The molecule has 124 valence electrons. The van der Waals surface area contributed by atoms with Gasteiger partial charge in [-0.3, -0.25) is 0 Å². The average molecular weight is 336 g/mol. The lowest BCUT2D eigenvalue weighted by atomic mass is 10.0. The number of rotatable bonds is 3. The molecule has 0 saturated carbocycles. The molecule has 1 saturated heterocycles. The van der Waals surface area contributed by atoms with E-state index in [0.29, 0.717) is 24.2 Å². The summed E-state index contributed by atoms with van der Waals surface area (Å²) >= 11 is 6.05. The summed E-state index contributed by atoms with van der Waals surface area (Å²) in [7, 11) is 2.02. The SMILES string of the molecule is C[C@H](NC1CCN(C(N)=O)CC1)c1nc2cc(Cl)ccc2n1C. The Morgan fingerprint density at radius 1 is 1.43 bits per heavy atom. The molecule has 0 aliphatic carbocycles. The molecule has 0 bridgehead atoms. The monoisotopic (exact) mass is 335 g/mol. The van der Waals surface area contributed by atoms with Crippen LogP contribution in [-0.4, -0.2) is 39.6 Å². The summed E-state index contributed by atoms with van der Waals surface area (Å²) in [6, 6.07) is 5.92. The van der Waals surface area contributed by atoms with E-state index in [0.717, 1.165) is 29.7 Å². The number of carbonyl (C=O) groups is 1. The number of nitrogens with two attached hydrogens (primary N) is 1. The van der Waals surface area contributed by atoms with Crippen molar-refractivity contribution in [3.63, 3.8) is 0 Å². The summed E-state index contributed by atoms with van der Waals surface area (Å²) < 4.78 is 2.10. The molecule has 3 N–H and O–H groups in total. The molecular weight excluding hydrogens is 314 g/mol. The largest absolute Gasteiger partial charge is 0.351 e. The van der Waals surface area contributed by atoms with Crippen molar-refractivity contribution in [3.05, 3.63) is 29.0 Å². The minimum atomic E-state index is -0.330. The first-order chi connectivity index (χ1) is 11.0.